The number of nitrogens with one attached hydrogen (secondary N) is 1. The zero-order valence-corrected chi connectivity index (χ0v) is 45.8. The van der Waals surface area contributed by atoms with Crippen molar-refractivity contribution in [1.29, 1.82) is 0 Å². The molecule has 412 valence electrons. The summed E-state index contributed by atoms with van der Waals surface area (Å²) in [7, 11) is 5.38. The first-order valence-corrected chi connectivity index (χ1v) is 26.6. The summed E-state index contributed by atoms with van der Waals surface area (Å²) in [5, 5.41) is 75.6. The molecule has 3 fully saturated rings. The molecule has 19 heteroatoms. The molecule has 0 unspecified atom stereocenters. The van der Waals surface area contributed by atoms with Gasteiger partial charge in [0.15, 0.2) is 6.29 Å². The topological polar surface area (TPSA) is 239 Å². The fraction of sp³-hybridized carbons (Fsp3) is 0.778. The van der Waals surface area contributed by atoms with Crippen molar-refractivity contribution in [2.24, 2.45) is 23.7 Å². The van der Waals surface area contributed by atoms with Crippen LogP contribution < -0.4 is 4.74 Å². The number of hydrogen-bond donors (Lipinski definition) is 6. The molecule has 1 aromatic carbocycles. The lowest BCUT2D eigenvalue weighted by Crippen LogP contribution is -2.60. The van der Waals surface area contributed by atoms with Gasteiger partial charge in [0, 0.05) is 82.0 Å². The van der Waals surface area contributed by atoms with Crippen LogP contribution in [0.15, 0.2) is 42.9 Å². The van der Waals surface area contributed by atoms with Crippen LogP contribution in [0.1, 0.15) is 113 Å². The zero-order chi connectivity index (χ0) is 53.6. The van der Waals surface area contributed by atoms with E-state index < -0.39 is 95.8 Å². The number of nitrogens with zero attached hydrogens (tertiary/aromatic N) is 6. The first-order chi connectivity index (χ1) is 34.4. The van der Waals surface area contributed by atoms with E-state index in [0.717, 1.165) is 35.4 Å². The molecule has 1 saturated carbocycles. The number of aryl methyl sites for hydroxylation is 1. The SMILES string of the molecule is CC[C@H]1OC(=O)[C@H](C)[C@@H](O[C@H]2C[C@@](C)(OC)[C@@H](O)[C@H](C)O2)[C@H](C)[C@@H](O[C@@H]2C[C@H](C)C[C@H](N(C)CCc3cn(CCCOc4ccc(-c5cn[nH]c5)cc4)nn3)[C@H]2O)[C@](C)(O)C[C@@H](C)CN(C)[C@H](C)[C@@H](O)[C@]1(C)O. The number of aromatic nitrogens is 5. The Labute approximate surface area is 433 Å². The van der Waals surface area contributed by atoms with Crippen LogP contribution in [-0.2, 0) is 41.4 Å². The van der Waals surface area contributed by atoms with Gasteiger partial charge in [-0.1, -0.05) is 45.0 Å². The highest BCUT2D eigenvalue weighted by Gasteiger charge is 2.52. The molecular formula is C54H89N7O12. The third-order valence-corrected chi connectivity index (χ3v) is 16.4. The summed E-state index contributed by atoms with van der Waals surface area (Å²) in [5.41, 5.74) is -1.49. The van der Waals surface area contributed by atoms with Crippen LogP contribution in [0, 0.1) is 23.7 Å². The van der Waals surface area contributed by atoms with Crippen molar-refractivity contribution in [3.05, 3.63) is 48.5 Å². The summed E-state index contributed by atoms with van der Waals surface area (Å²) in [4.78, 5) is 18.6. The van der Waals surface area contributed by atoms with Gasteiger partial charge in [0.2, 0.25) is 0 Å². The molecule has 0 radical (unpaired) electrons. The van der Waals surface area contributed by atoms with Crippen LogP contribution in [0.25, 0.3) is 11.1 Å². The standard InChI is InChI=1S/C54H89N7O12/c1-14-44-54(10,67)48(63)36(6)60(12)30-33(3)26-52(8,66)50(34(4)47(35(5)51(65)72-44)73-45-27-53(9,68-13)49(64)37(7)70-45)71-43-25-32(2)24-42(46(43)62)59(11)22-20-40-31-61(58-57-40)21-15-23-69-41-18-16-38(17-19-41)39-28-55-56-29-39/h16-19,28-29,31-37,42-50,62-64,66-67H,14-15,20-27,30H2,1-13H3,(H,55,56)/t32-,33-,34+,35-,36-,37+,42+,43-,44-,45+,46-,47+,48-,49+,50-,52-,53-,54-/m1/s1. The number of benzene rings is 1. The van der Waals surface area contributed by atoms with E-state index in [4.69, 9.17) is 28.4 Å². The van der Waals surface area contributed by atoms with E-state index in [1.165, 1.54) is 14.0 Å². The summed E-state index contributed by atoms with van der Waals surface area (Å²) in [5.74, 6) is -1.63. The van der Waals surface area contributed by atoms with E-state index >= 15 is 0 Å². The predicted octanol–water partition coefficient (Wildman–Crippen LogP) is 4.63. The molecular weight excluding hydrogens is 939 g/mol. The number of carbonyl (C=O) groups is 1. The number of methoxy groups -OCH3 is 1. The monoisotopic (exact) mass is 1030 g/mol. The number of likely N-dealkylation sites (N-methyl/N-ethyl adjacent to an activating group) is 2. The van der Waals surface area contributed by atoms with E-state index in [1.807, 2.05) is 81.1 Å². The molecule has 73 heavy (non-hydrogen) atoms. The maximum Gasteiger partial charge on any atom is 0.311 e. The van der Waals surface area contributed by atoms with Crippen molar-refractivity contribution in [1.82, 2.24) is 35.0 Å². The number of rotatable bonds is 16. The minimum absolute atomic E-state index is 0.129. The molecule has 1 aliphatic carbocycles. The Morgan fingerprint density at radius 2 is 1.66 bits per heavy atom. The Hall–Kier alpha value is -3.60. The summed E-state index contributed by atoms with van der Waals surface area (Å²) >= 11 is 0. The highest BCUT2D eigenvalue weighted by molar-refractivity contribution is 5.73. The number of aliphatic hydroxyl groups excluding tert-OH is 3. The van der Waals surface area contributed by atoms with Crippen LogP contribution in [0.5, 0.6) is 5.75 Å². The Bertz CT molecular complexity index is 2140. The Morgan fingerprint density at radius 3 is 2.32 bits per heavy atom. The number of cyclic esters (lactones) is 1. The predicted molar refractivity (Wildman–Crippen MR) is 274 cm³/mol. The minimum atomic E-state index is -1.82. The third-order valence-electron chi connectivity index (χ3n) is 16.4. The van der Waals surface area contributed by atoms with Gasteiger partial charge in [-0.25, -0.2) is 0 Å². The van der Waals surface area contributed by atoms with Crippen molar-refractivity contribution < 1.29 is 58.7 Å². The summed E-state index contributed by atoms with van der Waals surface area (Å²) in [6.07, 6.45) is 0.162. The maximum absolute atomic E-state index is 14.5. The molecule has 2 aromatic heterocycles. The molecule has 0 bridgehead atoms. The van der Waals surface area contributed by atoms with Crippen molar-refractivity contribution in [3.63, 3.8) is 0 Å². The second kappa shape index (κ2) is 25.0. The smallest absolute Gasteiger partial charge is 0.311 e. The largest absolute Gasteiger partial charge is 0.494 e. The van der Waals surface area contributed by atoms with Gasteiger partial charge in [-0.3, -0.25) is 14.6 Å². The van der Waals surface area contributed by atoms with Gasteiger partial charge in [-0.2, -0.15) is 5.10 Å². The fourth-order valence-electron chi connectivity index (χ4n) is 11.7. The lowest BCUT2D eigenvalue weighted by atomic mass is 9.76. The number of H-pyrrole nitrogens is 1. The molecule has 19 nitrogen and oxygen atoms in total. The number of esters is 1. The van der Waals surface area contributed by atoms with Crippen molar-refractivity contribution >= 4 is 5.97 Å². The third kappa shape index (κ3) is 14.3. The average Bonchev–Trinajstić information content (AvgIpc) is 4.06. The van der Waals surface area contributed by atoms with Crippen LogP contribution in [0.4, 0.5) is 0 Å². The maximum atomic E-state index is 14.5. The van der Waals surface area contributed by atoms with Gasteiger partial charge < -0.3 is 63.8 Å². The molecule has 2 saturated heterocycles. The van der Waals surface area contributed by atoms with Gasteiger partial charge in [-0.15, -0.1) is 5.10 Å². The van der Waals surface area contributed by atoms with Gasteiger partial charge in [0.25, 0.3) is 0 Å². The lowest BCUT2D eigenvalue weighted by molar-refractivity contribution is -0.302. The van der Waals surface area contributed by atoms with Crippen molar-refractivity contribution in [3.8, 4) is 16.9 Å². The van der Waals surface area contributed by atoms with Crippen LogP contribution in [0.3, 0.4) is 0 Å². The first kappa shape index (κ1) is 58.7. The zero-order valence-electron chi connectivity index (χ0n) is 45.8. The highest BCUT2D eigenvalue weighted by Crippen LogP contribution is 2.41. The molecule has 3 aliphatic rings. The number of ether oxygens (including phenoxy) is 6. The molecule has 0 spiro atoms. The highest BCUT2D eigenvalue weighted by atomic mass is 16.7. The summed E-state index contributed by atoms with van der Waals surface area (Å²) < 4.78 is 40.1. The van der Waals surface area contributed by atoms with E-state index in [0.29, 0.717) is 39.1 Å². The minimum Gasteiger partial charge on any atom is -0.494 e. The van der Waals surface area contributed by atoms with E-state index in [9.17, 15) is 30.3 Å². The van der Waals surface area contributed by atoms with Crippen LogP contribution in [-0.4, -0.2) is 191 Å². The summed E-state index contributed by atoms with van der Waals surface area (Å²) in [6, 6.07) is 7.08. The van der Waals surface area contributed by atoms with E-state index in [2.05, 4.69) is 32.3 Å². The molecule has 6 rings (SSSR count). The molecule has 18 atom stereocenters. The number of aliphatic hydroxyl groups is 5. The number of aromatic amines is 1. The first-order valence-electron chi connectivity index (χ1n) is 26.6. The van der Waals surface area contributed by atoms with E-state index in [-0.39, 0.29) is 37.1 Å². The Kier molecular flexibility index (Phi) is 20.1. The normalized spacial score (nSPS) is 38.7. The van der Waals surface area contributed by atoms with Gasteiger partial charge in [0.1, 0.15) is 29.7 Å². The van der Waals surface area contributed by atoms with Crippen LogP contribution in [0.2, 0.25) is 0 Å². The van der Waals surface area contributed by atoms with Crippen LogP contribution >= 0.6 is 0 Å². The average molecular weight is 1030 g/mol. The summed E-state index contributed by atoms with van der Waals surface area (Å²) in [6.45, 7) is 20.3. The molecule has 2 aliphatic heterocycles. The Morgan fingerprint density at radius 1 is 0.945 bits per heavy atom. The molecule has 4 heterocycles. The van der Waals surface area contributed by atoms with Crippen molar-refractivity contribution in [2.75, 3.05) is 40.9 Å². The lowest BCUT2D eigenvalue weighted by Gasteiger charge is -2.49. The van der Waals surface area contributed by atoms with Gasteiger partial charge in [0.05, 0.1) is 66.1 Å². The number of carbonyl (C=O) groups excluding carboxylic acids is 1. The molecule has 6 N–H and O–H groups in total. The number of hydrogen-bond acceptors (Lipinski definition) is 17. The second-order valence-corrected chi connectivity index (χ2v) is 22.7. The quantitative estimate of drug-likeness (QED) is 0.0847. The fourth-order valence-corrected chi connectivity index (χ4v) is 11.7. The van der Waals surface area contributed by atoms with E-state index in [1.54, 1.807) is 40.8 Å². The van der Waals surface area contributed by atoms with Gasteiger partial charge >= 0.3 is 5.97 Å². The molecule has 0 amide bonds. The Balaban J connectivity index is 1.19. The van der Waals surface area contributed by atoms with Gasteiger partial charge in [-0.05, 0) is 111 Å². The second-order valence-electron chi connectivity index (χ2n) is 22.7. The molecule has 3 aromatic rings. The van der Waals surface area contributed by atoms with Crippen molar-refractivity contribution in [2.45, 2.75) is 205 Å².